The first-order valence-electron chi connectivity index (χ1n) is 5.64. The van der Waals surface area contributed by atoms with Gasteiger partial charge >= 0.3 is 0 Å². The van der Waals surface area contributed by atoms with Crippen molar-refractivity contribution in [2.45, 2.75) is 32.6 Å². The molecule has 0 atom stereocenters. The molecule has 0 saturated heterocycles. The average molecular weight is 204 g/mol. The van der Waals surface area contributed by atoms with Gasteiger partial charge in [0.05, 0.1) is 0 Å². The molecule has 4 nitrogen and oxygen atoms in total. The van der Waals surface area contributed by atoms with Gasteiger partial charge in [0.1, 0.15) is 0 Å². The molecular formula is C10H28N4. The van der Waals surface area contributed by atoms with E-state index in [0.717, 1.165) is 45.6 Å². The van der Waals surface area contributed by atoms with E-state index < -0.39 is 0 Å². The lowest BCUT2D eigenvalue weighted by atomic mass is 10.3. The highest BCUT2D eigenvalue weighted by molar-refractivity contribution is 4.46. The van der Waals surface area contributed by atoms with Gasteiger partial charge < -0.3 is 22.5 Å². The fourth-order valence-electron chi connectivity index (χ4n) is 0.772. The Morgan fingerprint density at radius 1 is 0.786 bits per heavy atom. The quantitative estimate of drug-likeness (QED) is 0.420. The maximum Gasteiger partial charge on any atom is -0.00369 e. The van der Waals surface area contributed by atoms with Gasteiger partial charge in [-0.3, -0.25) is 0 Å². The van der Waals surface area contributed by atoms with Crippen LogP contribution in [-0.4, -0.2) is 32.7 Å². The standard InChI is InChI=1S/C7H18N2.C3H10N2/c1-2-3-6-9-7-4-5-8;4-2-1-3-5/h9H,2-8H2,1H3;1-5H2. The average Bonchev–Trinajstić information content (AvgIpc) is 2.20. The lowest BCUT2D eigenvalue weighted by Crippen LogP contribution is -2.19. The first-order chi connectivity index (χ1) is 6.83. The molecule has 0 rings (SSSR count). The van der Waals surface area contributed by atoms with Crippen molar-refractivity contribution >= 4 is 0 Å². The number of rotatable bonds is 8. The highest BCUT2D eigenvalue weighted by Gasteiger charge is 1.83. The van der Waals surface area contributed by atoms with Crippen molar-refractivity contribution < 1.29 is 0 Å². The molecule has 0 amide bonds. The Bertz CT molecular complexity index is 70.5. The van der Waals surface area contributed by atoms with E-state index >= 15 is 0 Å². The molecule has 0 aliphatic heterocycles. The Kier molecular flexibility index (Phi) is 21.6. The van der Waals surface area contributed by atoms with Crippen LogP contribution < -0.4 is 22.5 Å². The van der Waals surface area contributed by atoms with Gasteiger partial charge in [-0.2, -0.15) is 0 Å². The van der Waals surface area contributed by atoms with E-state index in [9.17, 15) is 0 Å². The van der Waals surface area contributed by atoms with Gasteiger partial charge in [0.15, 0.2) is 0 Å². The van der Waals surface area contributed by atoms with Crippen LogP contribution in [-0.2, 0) is 0 Å². The van der Waals surface area contributed by atoms with Crippen LogP contribution in [0.25, 0.3) is 0 Å². The minimum Gasteiger partial charge on any atom is -0.330 e. The van der Waals surface area contributed by atoms with Crippen LogP contribution in [0.5, 0.6) is 0 Å². The first kappa shape index (κ1) is 16.3. The Labute approximate surface area is 88.6 Å². The van der Waals surface area contributed by atoms with Crippen molar-refractivity contribution in [1.82, 2.24) is 5.32 Å². The van der Waals surface area contributed by atoms with E-state index in [2.05, 4.69) is 12.2 Å². The van der Waals surface area contributed by atoms with Gasteiger partial charge in [-0.25, -0.2) is 0 Å². The highest BCUT2D eigenvalue weighted by atomic mass is 14.8. The minimum atomic E-state index is 0.719. The highest BCUT2D eigenvalue weighted by Crippen LogP contribution is 1.81. The topological polar surface area (TPSA) is 90.1 Å². The van der Waals surface area contributed by atoms with Gasteiger partial charge in [0.2, 0.25) is 0 Å². The van der Waals surface area contributed by atoms with E-state index in [1.165, 1.54) is 12.8 Å². The molecule has 0 aliphatic rings. The van der Waals surface area contributed by atoms with E-state index in [4.69, 9.17) is 17.2 Å². The van der Waals surface area contributed by atoms with Crippen molar-refractivity contribution in [3.8, 4) is 0 Å². The van der Waals surface area contributed by atoms with E-state index in [-0.39, 0.29) is 0 Å². The van der Waals surface area contributed by atoms with Crippen LogP contribution in [0.4, 0.5) is 0 Å². The Morgan fingerprint density at radius 2 is 1.29 bits per heavy atom. The molecule has 0 bridgehead atoms. The van der Waals surface area contributed by atoms with Crippen LogP contribution in [0.15, 0.2) is 0 Å². The third kappa shape index (κ3) is 22.6. The molecule has 0 radical (unpaired) electrons. The largest absolute Gasteiger partial charge is 0.330 e. The molecule has 0 saturated carbocycles. The minimum absolute atomic E-state index is 0.719. The number of unbranched alkanes of at least 4 members (excludes halogenated alkanes) is 1. The van der Waals surface area contributed by atoms with E-state index in [1.807, 2.05) is 0 Å². The van der Waals surface area contributed by atoms with Gasteiger partial charge in [0.25, 0.3) is 0 Å². The zero-order valence-corrected chi connectivity index (χ0v) is 9.60. The van der Waals surface area contributed by atoms with Crippen molar-refractivity contribution in [1.29, 1.82) is 0 Å². The molecule has 0 aromatic rings. The summed E-state index contributed by atoms with van der Waals surface area (Å²) in [5.41, 5.74) is 15.4. The molecule has 7 N–H and O–H groups in total. The summed E-state index contributed by atoms with van der Waals surface area (Å²) in [6.07, 6.45) is 4.60. The second-order valence-corrected chi connectivity index (χ2v) is 3.18. The summed E-state index contributed by atoms with van der Waals surface area (Å²) >= 11 is 0. The van der Waals surface area contributed by atoms with Crippen molar-refractivity contribution in [2.75, 3.05) is 32.7 Å². The fourth-order valence-corrected chi connectivity index (χ4v) is 0.772. The van der Waals surface area contributed by atoms with Crippen LogP contribution in [0, 0.1) is 0 Å². The Morgan fingerprint density at radius 3 is 1.64 bits per heavy atom. The molecule has 0 fully saturated rings. The third-order valence-electron chi connectivity index (χ3n) is 1.67. The van der Waals surface area contributed by atoms with Gasteiger partial charge in [-0.1, -0.05) is 13.3 Å². The maximum absolute atomic E-state index is 5.30. The van der Waals surface area contributed by atoms with Crippen molar-refractivity contribution in [2.24, 2.45) is 17.2 Å². The summed E-state index contributed by atoms with van der Waals surface area (Å²) in [5.74, 6) is 0. The van der Waals surface area contributed by atoms with E-state index in [1.54, 1.807) is 0 Å². The van der Waals surface area contributed by atoms with Crippen LogP contribution >= 0.6 is 0 Å². The SMILES string of the molecule is CCCCNCCCN.NCCCN. The molecule has 0 aromatic carbocycles. The van der Waals surface area contributed by atoms with Crippen LogP contribution in [0.3, 0.4) is 0 Å². The smallest absolute Gasteiger partial charge is 0.00369 e. The summed E-state index contributed by atoms with van der Waals surface area (Å²) in [6, 6.07) is 0. The molecule has 0 spiro atoms. The van der Waals surface area contributed by atoms with E-state index in [0.29, 0.717) is 0 Å². The lowest BCUT2D eigenvalue weighted by Gasteiger charge is -1.99. The molecule has 0 unspecified atom stereocenters. The van der Waals surface area contributed by atoms with Gasteiger partial charge in [-0.15, -0.1) is 0 Å². The number of nitrogens with one attached hydrogen (secondary N) is 1. The molecule has 14 heavy (non-hydrogen) atoms. The third-order valence-corrected chi connectivity index (χ3v) is 1.67. The number of hydrogen-bond acceptors (Lipinski definition) is 4. The summed E-state index contributed by atoms with van der Waals surface area (Å²) in [7, 11) is 0. The van der Waals surface area contributed by atoms with Gasteiger partial charge in [-0.05, 0) is 52.0 Å². The molecule has 0 aromatic heterocycles. The Hall–Kier alpha value is -0.160. The monoisotopic (exact) mass is 204 g/mol. The van der Waals surface area contributed by atoms with Crippen molar-refractivity contribution in [3.63, 3.8) is 0 Å². The molecule has 0 aliphatic carbocycles. The second-order valence-electron chi connectivity index (χ2n) is 3.18. The summed E-state index contributed by atoms with van der Waals surface area (Å²) in [5, 5.41) is 3.31. The fraction of sp³-hybridized carbons (Fsp3) is 1.00. The molecule has 0 heterocycles. The molecular weight excluding hydrogens is 176 g/mol. The lowest BCUT2D eigenvalue weighted by molar-refractivity contribution is 0.621. The Balaban J connectivity index is 0. The van der Waals surface area contributed by atoms with Crippen molar-refractivity contribution in [3.05, 3.63) is 0 Å². The summed E-state index contributed by atoms with van der Waals surface area (Å²) < 4.78 is 0. The summed E-state index contributed by atoms with van der Waals surface area (Å²) in [4.78, 5) is 0. The predicted molar refractivity (Wildman–Crippen MR) is 64.2 cm³/mol. The second kappa shape index (κ2) is 18.6. The predicted octanol–water partition coefficient (Wildman–Crippen LogP) is 0.0188. The van der Waals surface area contributed by atoms with Gasteiger partial charge in [0, 0.05) is 0 Å². The maximum atomic E-state index is 5.30. The zero-order chi connectivity index (χ0) is 11.1. The zero-order valence-electron chi connectivity index (χ0n) is 9.60. The van der Waals surface area contributed by atoms with Crippen LogP contribution in [0.2, 0.25) is 0 Å². The molecule has 88 valence electrons. The number of hydrogen-bond donors (Lipinski definition) is 4. The first-order valence-corrected chi connectivity index (χ1v) is 5.64. The number of nitrogens with two attached hydrogens (primary N) is 3. The molecule has 4 heteroatoms. The normalized spacial score (nSPS) is 9.43. The summed E-state index contributed by atoms with van der Waals surface area (Å²) in [6.45, 7) is 6.67. The van der Waals surface area contributed by atoms with Crippen LogP contribution in [0.1, 0.15) is 32.6 Å².